The minimum Gasteiger partial charge on any atom is -0.481 e. The fourth-order valence-corrected chi connectivity index (χ4v) is 12.1. The lowest BCUT2D eigenvalue weighted by Gasteiger charge is -2.35. The summed E-state index contributed by atoms with van der Waals surface area (Å²) in [6.07, 6.45) is 9.29. The average molecular weight is 741 g/mol. The summed E-state index contributed by atoms with van der Waals surface area (Å²) in [6.45, 7) is 2.73. The van der Waals surface area contributed by atoms with Gasteiger partial charge in [-0.2, -0.15) is 4.31 Å². The number of hydrogen-bond donors (Lipinski definition) is 2. The van der Waals surface area contributed by atoms with Gasteiger partial charge in [-0.15, -0.1) is 11.3 Å². The van der Waals surface area contributed by atoms with Gasteiger partial charge in [0.05, 0.1) is 26.5 Å². The summed E-state index contributed by atoms with van der Waals surface area (Å²) in [4.78, 5) is 13.7. The first-order valence-electron chi connectivity index (χ1n) is 15.6. The largest absolute Gasteiger partial charge is 0.481 e. The van der Waals surface area contributed by atoms with Crippen LogP contribution in [0.25, 0.3) is 0 Å². The van der Waals surface area contributed by atoms with Gasteiger partial charge in [0.2, 0.25) is 10.0 Å². The van der Waals surface area contributed by atoms with Gasteiger partial charge in [0.1, 0.15) is 8.55 Å². The third kappa shape index (κ3) is 8.68. The van der Waals surface area contributed by atoms with Crippen molar-refractivity contribution in [3.8, 4) is 0 Å². The summed E-state index contributed by atoms with van der Waals surface area (Å²) in [7, 11) is -7.38. The van der Waals surface area contributed by atoms with Gasteiger partial charge in [-0.05, 0) is 81.0 Å². The van der Waals surface area contributed by atoms with E-state index in [0.717, 1.165) is 75.1 Å². The number of carboxylic acid groups (broad SMARTS) is 1. The molecule has 2 N–H and O–H groups in total. The molecule has 1 aromatic carbocycles. The highest BCUT2D eigenvalue weighted by Crippen LogP contribution is 2.38. The van der Waals surface area contributed by atoms with Crippen molar-refractivity contribution >= 4 is 77.8 Å². The van der Waals surface area contributed by atoms with E-state index in [0.29, 0.717) is 60.0 Å². The first-order valence-corrected chi connectivity index (χ1v) is 20.5. The van der Waals surface area contributed by atoms with Gasteiger partial charge >= 0.3 is 5.97 Å². The van der Waals surface area contributed by atoms with E-state index in [1.807, 2.05) is 0 Å². The maximum absolute atomic E-state index is 13.0. The highest BCUT2D eigenvalue weighted by Gasteiger charge is 2.32. The van der Waals surface area contributed by atoms with Gasteiger partial charge in [-0.1, -0.05) is 60.5 Å². The number of nitrogens with one attached hydrogen (secondary N) is 1. The molecule has 5 rings (SSSR count). The van der Waals surface area contributed by atoms with Crippen LogP contribution in [0.15, 0.2) is 33.4 Å². The number of piperidine rings is 2. The van der Waals surface area contributed by atoms with E-state index in [2.05, 4.69) is 9.62 Å². The van der Waals surface area contributed by atoms with Gasteiger partial charge in [-0.3, -0.25) is 4.79 Å². The van der Waals surface area contributed by atoms with Crippen molar-refractivity contribution in [2.45, 2.75) is 85.8 Å². The molecule has 9 nitrogen and oxygen atoms in total. The maximum Gasteiger partial charge on any atom is 0.306 e. The van der Waals surface area contributed by atoms with Crippen molar-refractivity contribution in [1.29, 1.82) is 0 Å². The molecule has 250 valence electrons. The Hall–Kier alpha value is -1.12. The molecule has 2 atom stereocenters. The molecular weight excluding hydrogens is 701 g/mol. The standard InChI is InChI=1S/C30H40Cl3N3O6S3/c31-25-18-24(44(39,40)34-23-6-2-5-22(17-23)30(37)38)7-8-27(25)35-13-9-20(10-14-35)3-1-4-21-11-15-36(16-12-21)45(41,42)28-19-26(32)29(33)43-28/h7-8,18-23,34H,1-6,9-17H2,(H,37,38). The molecule has 3 aliphatic rings. The lowest BCUT2D eigenvalue weighted by Crippen LogP contribution is -2.40. The van der Waals surface area contributed by atoms with Crippen molar-refractivity contribution in [2.24, 2.45) is 17.8 Å². The third-order valence-electron chi connectivity index (χ3n) is 9.54. The summed E-state index contributed by atoms with van der Waals surface area (Å²) in [6, 6.07) is 5.87. The Balaban J connectivity index is 1.04. The lowest BCUT2D eigenvalue weighted by molar-refractivity contribution is -0.143. The molecule has 2 unspecified atom stereocenters. The number of carboxylic acids is 1. The Kier molecular flexibility index (Phi) is 11.7. The molecule has 1 aromatic heterocycles. The number of rotatable bonds is 11. The van der Waals surface area contributed by atoms with Crippen LogP contribution in [0.5, 0.6) is 0 Å². The second kappa shape index (κ2) is 15.0. The van der Waals surface area contributed by atoms with Crippen LogP contribution in [-0.2, 0) is 24.8 Å². The van der Waals surface area contributed by atoms with Crippen LogP contribution in [0.1, 0.15) is 70.6 Å². The SMILES string of the molecule is O=C(O)C1CCCC(NS(=O)(=O)c2ccc(N3CCC(CCCC4CCN(S(=O)(=O)c5cc(Cl)c(Cl)s5)CC4)CC3)c(Cl)c2)C1. The molecule has 45 heavy (non-hydrogen) atoms. The highest BCUT2D eigenvalue weighted by atomic mass is 35.5. The van der Waals surface area contributed by atoms with E-state index in [9.17, 15) is 26.7 Å². The van der Waals surface area contributed by atoms with Crippen LogP contribution >= 0.6 is 46.1 Å². The predicted molar refractivity (Wildman–Crippen MR) is 180 cm³/mol. The van der Waals surface area contributed by atoms with Gasteiger partial charge in [0.25, 0.3) is 10.0 Å². The predicted octanol–water partition coefficient (Wildman–Crippen LogP) is 7.12. The number of benzene rings is 1. The first kappa shape index (κ1) is 35.2. The Morgan fingerprint density at radius 1 is 0.889 bits per heavy atom. The molecule has 2 aliphatic heterocycles. The third-order valence-corrected chi connectivity index (χ3v) is 15.6. The molecule has 1 saturated carbocycles. The molecule has 0 amide bonds. The fraction of sp³-hybridized carbons (Fsp3) is 0.633. The zero-order valence-electron chi connectivity index (χ0n) is 25.0. The van der Waals surface area contributed by atoms with Crippen molar-refractivity contribution in [1.82, 2.24) is 9.03 Å². The monoisotopic (exact) mass is 739 g/mol. The molecule has 1 aliphatic carbocycles. The number of anilines is 1. The maximum atomic E-state index is 13.0. The van der Waals surface area contributed by atoms with Gasteiger partial charge in [0.15, 0.2) is 0 Å². The average Bonchev–Trinajstić information content (AvgIpc) is 3.36. The summed E-state index contributed by atoms with van der Waals surface area (Å²) < 4.78 is 56.7. The summed E-state index contributed by atoms with van der Waals surface area (Å²) in [5, 5.41) is 9.98. The topological polar surface area (TPSA) is 124 Å². The smallest absolute Gasteiger partial charge is 0.306 e. The molecule has 3 heterocycles. The van der Waals surface area contributed by atoms with E-state index in [4.69, 9.17) is 34.8 Å². The van der Waals surface area contributed by atoms with Crippen molar-refractivity contribution in [2.75, 3.05) is 31.1 Å². The lowest BCUT2D eigenvalue weighted by atomic mass is 9.86. The van der Waals surface area contributed by atoms with Crippen LogP contribution in [-0.4, -0.2) is 64.4 Å². The number of halogens is 3. The molecule has 0 spiro atoms. The van der Waals surface area contributed by atoms with Crippen LogP contribution in [0.4, 0.5) is 5.69 Å². The molecule has 0 radical (unpaired) electrons. The van der Waals surface area contributed by atoms with Crippen LogP contribution in [0.2, 0.25) is 14.4 Å². The van der Waals surface area contributed by atoms with Crippen LogP contribution in [0.3, 0.4) is 0 Å². The van der Waals surface area contributed by atoms with Crippen LogP contribution in [0, 0.1) is 17.8 Å². The number of thiophene rings is 1. The van der Waals surface area contributed by atoms with E-state index < -0.39 is 38.0 Å². The molecule has 2 aromatic rings. The normalized spacial score (nSPS) is 23.0. The Labute approximate surface area is 285 Å². The van der Waals surface area contributed by atoms with E-state index in [1.165, 1.54) is 12.1 Å². The Morgan fingerprint density at radius 3 is 2.11 bits per heavy atom. The second-order valence-electron chi connectivity index (χ2n) is 12.5. The van der Waals surface area contributed by atoms with Gasteiger partial charge < -0.3 is 10.0 Å². The quantitative estimate of drug-likeness (QED) is 0.252. The molecular formula is C30H40Cl3N3O6S3. The number of nitrogens with zero attached hydrogens (tertiary/aromatic N) is 2. The summed E-state index contributed by atoms with van der Waals surface area (Å²) in [5.74, 6) is -0.271. The molecule has 2 saturated heterocycles. The number of sulfonamides is 2. The Morgan fingerprint density at radius 2 is 1.53 bits per heavy atom. The zero-order chi connectivity index (χ0) is 32.4. The second-order valence-corrected chi connectivity index (χ2v) is 18.9. The molecule has 3 fully saturated rings. The van der Waals surface area contributed by atoms with E-state index >= 15 is 0 Å². The van der Waals surface area contributed by atoms with Crippen LogP contribution < -0.4 is 9.62 Å². The zero-order valence-corrected chi connectivity index (χ0v) is 29.7. The minimum atomic E-state index is -3.82. The van der Waals surface area contributed by atoms with Crippen molar-refractivity contribution < 1.29 is 26.7 Å². The minimum absolute atomic E-state index is 0.0901. The highest BCUT2D eigenvalue weighted by molar-refractivity contribution is 7.91. The molecule has 15 heteroatoms. The summed E-state index contributed by atoms with van der Waals surface area (Å²) >= 11 is 19.6. The van der Waals surface area contributed by atoms with E-state index in [1.54, 1.807) is 16.4 Å². The van der Waals surface area contributed by atoms with Gasteiger partial charge in [-0.25, -0.2) is 21.6 Å². The first-order chi connectivity index (χ1) is 21.3. The number of aliphatic carboxylic acids is 1. The van der Waals surface area contributed by atoms with Crippen molar-refractivity contribution in [3.05, 3.63) is 38.6 Å². The van der Waals surface area contributed by atoms with E-state index in [-0.39, 0.29) is 14.1 Å². The number of hydrogen-bond acceptors (Lipinski definition) is 7. The Bertz CT molecular complexity index is 1550. The van der Waals surface area contributed by atoms with Gasteiger partial charge in [0, 0.05) is 32.2 Å². The molecule has 0 bridgehead atoms. The van der Waals surface area contributed by atoms with Crippen molar-refractivity contribution in [3.63, 3.8) is 0 Å². The fourth-order valence-electron chi connectivity index (χ4n) is 6.90. The number of carbonyl (C=O) groups is 1. The summed E-state index contributed by atoms with van der Waals surface area (Å²) in [5.41, 5.74) is 0.825.